The van der Waals surface area contributed by atoms with E-state index in [0.29, 0.717) is 18.0 Å². The van der Waals surface area contributed by atoms with E-state index >= 15 is 0 Å². The fourth-order valence-corrected chi connectivity index (χ4v) is 2.30. The summed E-state index contributed by atoms with van der Waals surface area (Å²) < 4.78 is 7.59. The van der Waals surface area contributed by atoms with Crippen LogP contribution in [0.4, 0.5) is 0 Å². The average molecular weight is 327 g/mol. The van der Waals surface area contributed by atoms with E-state index in [9.17, 15) is 5.11 Å². The zero-order valence-electron chi connectivity index (χ0n) is 11.0. The molecule has 2 rings (SSSR count). The molecule has 0 amide bonds. The third kappa shape index (κ3) is 2.93. The summed E-state index contributed by atoms with van der Waals surface area (Å²) in [6.07, 6.45) is -0.316. The fourth-order valence-electron chi connectivity index (χ4n) is 1.81. The van der Waals surface area contributed by atoms with Crippen LogP contribution in [0.25, 0.3) is 0 Å². The lowest BCUT2D eigenvalue weighted by atomic mass is 10.1. The van der Waals surface area contributed by atoms with Crippen LogP contribution in [-0.2, 0) is 13.5 Å². The van der Waals surface area contributed by atoms with Gasteiger partial charge in [0.05, 0.1) is 28.7 Å². The van der Waals surface area contributed by atoms with Gasteiger partial charge in [0.15, 0.2) is 0 Å². The van der Waals surface area contributed by atoms with Crippen molar-refractivity contribution in [2.75, 3.05) is 7.11 Å². The number of aromatic nitrogens is 4. The number of aryl methyl sites for hydroxylation is 2. The number of halogens is 1. The number of aliphatic hydroxyl groups is 1. The Bertz CT molecular complexity index is 568. The van der Waals surface area contributed by atoms with Gasteiger partial charge in [-0.3, -0.25) is 4.68 Å². The third-order valence-corrected chi connectivity index (χ3v) is 3.89. The van der Waals surface area contributed by atoms with Crippen molar-refractivity contribution in [2.45, 2.75) is 19.4 Å². The van der Waals surface area contributed by atoms with E-state index in [0.717, 1.165) is 15.9 Å². The van der Waals surface area contributed by atoms with Gasteiger partial charge in [0.1, 0.15) is 6.10 Å². The van der Waals surface area contributed by atoms with E-state index in [4.69, 9.17) is 4.74 Å². The van der Waals surface area contributed by atoms with Crippen molar-refractivity contribution in [1.82, 2.24) is 20.0 Å². The number of hydrogen-bond donors (Lipinski definition) is 1. The molecule has 0 aromatic carbocycles. The minimum Gasteiger partial charge on any atom is -0.480 e. The van der Waals surface area contributed by atoms with Crippen molar-refractivity contribution in [2.24, 2.45) is 7.05 Å². The van der Waals surface area contributed by atoms with Crippen LogP contribution in [0, 0.1) is 6.92 Å². The molecule has 0 spiro atoms. The van der Waals surface area contributed by atoms with E-state index in [1.54, 1.807) is 16.8 Å². The monoisotopic (exact) mass is 326 g/mol. The van der Waals surface area contributed by atoms with Gasteiger partial charge in [-0.15, -0.1) is 10.2 Å². The summed E-state index contributed by atoms with van der Waals surface area (Å²) in [5.74, 6) is 0.425. The average Bonchev–Trinajstić information content (AvgIpc) is 2.65. The summed E-state index contributed by atoms with van der Waals surface area (Å²) in [6.45, 7) is 1.91. The summed E-state index contributed by atoms with van der Waals surface area (Å²) in [6, 6.07) is 3.38. The van der Waals surface area contributed by atoms with Gasteiger partial charge >= 0.3 is 0 Å². The van der Waals surface area contributed by atoms with Gasteiger partial charge in [-0.05, 0) is 28.9 Å². The Morgan fingerprint density at radius 2 is 2.16 bits per heavy atom. The van der Waals surface area contributed by atoms with E-state index < -0.39 is 6.10 Å². The van der Waals surface area contributed by atoms with Crippen LogP contribution in [0.2, 0.25) is 0 Å². The Kier molecular flexibility index (Phi) is 4.16. The highest BCUT2D eigenvalue weighted by molar-refractivity contribution is 9.10. The maximum Gasteiger partial charge on any atom is 0.233 e. The number of methoxy groups -OCH3 is 1. The molecule has 19 heavy (non-hydrogen) atoms. The van der Waals surface area contributed by atoms with Gasteiger partial charge in [-0.1, -0.05) is 0 Å². The van der Waals surface area contributed by atoms with E-state index in [2.05, 4.69) is 31.2 Å². The summed E-state index contributed by atoms with van der Waals surface area (Å²) in [5, 5.41) is 22.3. The molecule has 1 atom stereocenters. The number of hydrogen-bond acceptors (Lipinski definition) is 5. The van der Waals surface area contributed by atoms with Crippen LogP contribution in [-0.4, -0.2) is 32.2 Å². The second-order valence-corrected chi connectivity index (χ2v) is 4.98. The number of rotatable bonds is 4. The number of aliphatic hydroxyl groups excluding tert-OH is 1. The van der Waals surface area contributed by atoms with Gasteiger partial charge in [-0.2, -0.15) is 5.10 Å². The zero-order valence-corrected chi connectivity index (χ0v) is 12.5. The Morgan fingerprint density at radius 3 is 2.63 bits per heavy atom. The highest BCUT2D eigenvalue weighted by atomic mass is 79.9. The van der Waals surface area contributed by atoms with Gasteiger partial charge in [0, 0.05) is 19.5 Å². The molecule has 0 aliphatic rings. The fraction of sp³-hybridized carbons (Fsp3) is 0.417. The number of ether oxygens (including phenoxy) is 1. The molecule has 0 aliphatic heterocycles. The third-order valence-electron chi connectivity index (χ3n) is 2.86. The van der Waals surface area contributed by atoms with Crippen LogP contribution >= 0.6 is 15.9 Å². The van der Waals surface area contributed by atoms with E-state index in [1.807, 2.05) is 14.0 Å². The van der Waals surface area contributed by atoms with Crippen molar-refractivity contribution in [3.05, 3.63) is 33.7 Å². The predicted molar refractivity (Wildman–Crippen MR) is 72.9 cm³/mol. The first-order valence-electron chi connectivity index (χ1n) is 5.76. The second kappa shape index (κ2) is 5.66. The second-order valence-electron chi connectivity index (χ2n) is 4.19. The Hall–Kier alpha value is -1.47. The maximum absolute atomic E-state index is 10.2. The van der Waals surface area contributed by atoms with Crippen LogP contribution < -0.4 is 4.74 Å². The molecule has 2 heterocycles. The van der Waals surface area contributed by atoms with Crippen molar-refractivity contribution in [3.8, 4) is 5.88 Å². The van der Waals surface area contributed by atoms with Gasteiger partial charge < -0.3 is 9.84 Å². The molecule has 0 fully saturated rings. The minimum atomic E-state index is -0.732. The lowest BCUT2D eigenvalue weighted by Gasteiger charge is -2.10. The zero-order chi connectivity index (χ0) is 14.0. The molecule has 0 saturated carbocycles. The molecular weight excluding hydrogens is 312 g/mol. The molecule has 0 saturated heterocycles. The summed E-state index contributed by atoms with van der Waals surface area (Å²) in [5.41, 5.74) is 2.32. The molecule has 102 valence electrons. The molecule has 7 heteroatoms. The van der Waals surface area contributed by atoms with Crippen LogP contribution in [0.1, 0.15) is 23.2 Å². The smallest absolute Gasteiger partial charge is 0.233 e. The molecule has 6 nitrogen and oxygen atoms in total. The van der Waals surface area contributed by atoms with Crippen LogP contribution in [0.5, 0.6) is 5.88 Å². The molecular formula is C12H15BrN4O2. The van der Waals surface area contributed by atoms with E-state index in [1.165, 1.54) is 7.11 Å². The molecule has 1 unspecified atom stereocenters. The first kappa shape index (κ1) is 14.0. The van der Waals surface area contributed by atoms with E-state index in [-0.39, 0.29) is 0 Å². The first-order chi connectivity index (χ1) is 9.02. The van der Waals surface area contributed by atoms with Crippen LogP contribution in [0.3, 0.4) is 0 Å². The topological polar surface area (TPSA) is 73.1 Å². The molecule has 2 aromatic heterocycles. The molecule has 0 aliphatic carbocycles. The summed E-state index contributed by atoms with van der Waals surface area (Å²) >= 11 is 3.47. The SMILES string of the molecule is COc1ccc(C(O)Cc2c(Br)c(C)nn2C)nn1. The van der Waals surface area contributed by atoms with Crippen molar-refractivity contribution in [1.29, 1.82) is 0 Å². The maximum atomic E-state index is 10.2. The van der Waals surface area contributed by atoms with Gasteiger partial charge in [0.2, 0.25) is 5.88 Å². The highest BCUT2D eigenvalue weighted by Gasteiger charge is 2.17. The van der Waals surface area contributed by atoms with Gasteiger partial charge in [-0.25, -0.2) is 0 Å². The van der Waals surface area contributed by atoms with Crippen molar-refractivity contribution in [3.63, 3.8) is 0 Å². The standard InChI is InChI=1S/C12H15BrN4O2/c1-7-12(13)9(17(2)16-7)6-10(18)8-4-5-11(19-3)15-14-8/h4-5,10,18H,6H2,1-3H3. The normalized spacial score (nSPS) is 12.5. The molecule has 0 bridgehead atoms. The predicted octanol–water partition coefficient (Wildman–Crippen LogP) is 1.57. The highest BCUT2D eigenvalue weighted by Crippen LogP contribution is 2.25. The quantitative estimate of drug-likeness (QED) is 0.923. The molecule has 0 radical (unpaired) electrons. The van der Waals surface area contributed by atoms with Crippen molar-refractivity contribution >= 4 is 15.9 Å². The minimum absolute atomic E-state index is 0.416. The largest absolute Gasteiger partial charge is 0.480 e. The Labute approximate surface area is 119 Å². The Morgan fingerprint density at radius 1 is 1.42 bits per heavy atom. The number of nitrogens with zero attached hydrogens (tertiary/aromatic N) is 4. The lowest BCUT2D eigenvalue weighted by molar-refractivity contribution is 0.169. The lowest BCUT2D eigenvalue weighted by Crippen LogP contribution is -2.09. The summed E-state index contributed by atoms with van der Waals surface area (Å²) in [7, 11) is 3.37. The van der Waals surface area contributed by atoms with Crippen LogP contribution in [0.15, 0.2) is 16.6 Å². The molecule has 2 aromatic rings. The Balaban J connectivity index is 2.17. The molecule has 1 N–H and O–H groups in total. The van der Waals surface area contributed by atoms with Crippen molar-refractivity contribution < 1.29 is 9.84 Å². The summed E-state index contributed by atoms with van der Waals surface area (Å²) in [4.78, 5) is 0. The first-order valence-corrected chi connectivity index (χ1v) is 6.56. The van der Waals surface area contributed by atoms with Gasteiger partial charge in [0.25, 0.3) is 0 Å².